The largest absolute Gasteiger partial charge is 0.377 e. The van der Waals surface area contributed by atoms with Crippen LogP contribution in [0.1, 0.15) is 51.9 Å². The molecule has 1 saturated heterocycles. The zero-order valence-corrected chi connectivity index (χ0v) is 12.6. The van der Waals surface area contributed by atoms with Gasteiger partial charge in [-0.05, 0) is 51.9 Å². The van der Waals surface area contributed by atoms with Gasteiger partial charge in [0.2, 0.25) is 0 Å². The monoisotopic (exact) mass is 277 g/mol. The summed E-state index contributed by atoms with van der Waals surface area (Å²) in [4.78, 5) is 2.58. The van der Waals surface area contributed by atoms with Gasteiger partial charge in [0.05, 0.1) is 12.2 Å². The minimum atomic E-state index is -0.263. The van der Waals surface area contributed by atoms with Gasteiger partial charge >= 0.3 is 0 Å². The van der Waals surface area contributed by atoms with Gasteiger partial charge in [-0.15, -0.1) is 0 Å². The molecule has 1 N–H and O–H groups in total. The molecular weight excluding hydrogens is 250 g/mol. The quantitative estimate of drug-likeness (QED) is 0.858. The Morgan fingerprint density at radius 3 is 2.90 bits per heavy atom. The van der Waals surface area contributed by atoms with Gasteiger partial charge in [0.1, 0.15) is 5.54 Å². The molecule has 0 aromatic rings. The molecule has 0 bridgehead atoms. The molecular formula is C16H27N3O. The number of nitrogens with one attached hydrogen (secondary N) is 1. The maximum absolute atomic E-state index is 9.69. The second-order valence-electron chi connectivity index (χ2n) is 6.89. The Kier molecular flexibility index (Phi) is 4.30. The topological polar surface area (TPSA) is 48.3 Å². The summed E-state index contributed by atoms with van der Waals surface area (Å²) < 4.78 is 5.75. The summed E-state index contributed by atoms with van der Waals surface area (Å²) in [7, 11) is 0. The highest BCUT2D eigenvalue weighted by Crippen LogP contribution is 2.34. The molecule has 0 aromatic heterocycles. The molecule has 3 fully saturated rings. The first-order chi connectivity index (χ1) is 9.71. The van der Waals surface area contributed by atoms with Crippen molar-refractivity contribution < 1.29 is 4.74 Å². The van der Waals surface area contributed by atoms with Gasteiger partial charge in [0.25, 0.3) is 0 Å². The first-order valence-electron chi connectivity index (χ1n) is 8.25. The normalized spacial score (nSPS) is 40.0. The van der Waals surface area contributed by atoms with E-state index >= 15 is 0 Å². The molecule has 3 unspecified atom stereocenters. The van der Waals surface area contributed by atoms with Crippen molar-refractivity contribution in [2.75, 3.05) is 19.7 Å². The van der Waals surface area contributed by atoms with E-state index in [4.69, 9.17) is 4.74 Å². The van der Waals surface area contributed by atoms with E-state index in [-0.39, 0.29) is 5.54 Å². The van der Waals surface area contributed by atoms with Crippen molar-refractivity contribution in [1.29, 1.82) is 5.26 Å². The average molecular weight is 277 g/mol. The van der Waals surface area contributed by atoms with Gasteiger partial charge in [-0.3, -0.25) is 10.2 Å². The van der Waals surface area contributed by atoms with Crippen LogP contribution in [0.3, 0.4) is 0 Å². The Balaban J connectivity index is 1.65. The Morgan fingerprint density at radius 1 is 1.30 bits per heavy atom. The van der Waals surface area contributed by atoms with Gasteiger partial charge in [0.15, 0.2) is 0 Å². The van der Waals surface area contributed by atoms with Gasteiger partial charge in [-0.25, -0.2) is 0 Å². The van der Waals surface area contributed by atoms with Crippen LogP contribution in [0.2, 0.25) is 0 Å². The predicted octanol–water partition coefficient (Wildman–Crippen LogP) is 2.05. The molecule has 3 rings (SSSR count). The number of nitrogens with zero attached hydrogens (tertiary/aromatic N) is 2. The Morgan fingerprint density at radius 2 is 2.15 bits per heavy atom. The minimum absolute atomic E-state index is 0.263. The van der Waals surface area contributed by atoms with Crippen molar-refractivity contribution in [3.8, 4) is 6.07 Å². The third kappa shape index (κ3) is 3.33. The summed E-state index contributed by atoms with van der Waals surface area (Å²) in [5.74, 6) is 0. The van der Waals surface area contributed by atoms with Gasteiger partial charge in [0, 0.05) is 31.8 Å². The van der Waals surface area contributed by atoms with Crippen LogP contribution < -0.4 is 5.32 Å². The zero-order chi connectivity index (χ0) is 14.0. The van der Waals surface area contributed by atoms with E-state index in [1.165, 1.54) is 25.7 Å². The number of hydrogen-bond donors (Lipinski definition) is 1. The highest BCUT2D eigenvalue weighted by Gasteiger charge is 2.42. The van der Waals surface area contributed by atoms with Crippen molar-refractivity contribution >= 4 is 0 Å². The Bertz CT molecular complexity index is 376. The molecule has 20 heavy (non-hydrogen) atoms. The first kappa shape index (κ1) is 14.3. The van der Waals surface area contributed by atoms with E-state index in [0.717, 1.165) is 39.0 Å². The van der Waals surface area contributed by atoms with Crippen molar-refractivity contribution in [3.63, 3.8) is 0 Å². The molecule has 3 aliphatic rings. The first-order valence-corrected chi connectivity index (χ1v) is 8.25. The summed E-state index contributed by atoms with van der Waals surface area (Å²) >= 11 is 0. The van der Waals surface area contributed by atoms with E-state index in [0.29, 0.717) is 18.2 Å². The summed E-state index contributed by atoms with van der Waals surface area (Å²) in [5.41, 5.74) is -0.263. The Labute approximate surface area is 122 Å². The van der Waals surface area contributed by atoms with Crippen LogP contribution >= 0.6 is 0 Å². The van der Waals surface area contributed by atoms with Crippen LogP contribution in [0.4, 0.5) is 0 Å². The van der Waals surface area contributed by atoms with Gasteiger partial charge in [-0.2, -0.15) is 5.26 Å². The molecule has 0 spiro atoms. The molecule has 3 atom stereocenters. The lowest BCUT2D eigenvalue weighted by Crippen LogP contribution is -2.54. The maximum Gasteiger partial charge on any atom is 0.108 e. The fourth-order valence-corrected chi connectivity index (χ4v) is 3.80. The van der Waals surface area contributed by atoms with E-state index in [9.17, 15) is 5.26 Å². The van der Waals surface area contributed by atoms with Gasteiger partial charge < -0.3 is 4.74 Å². The lowest BCUT2D eigenvalue weighted by atomic mass is 9.79. The molecule has 4 nitrogen and oxygen atoms in total. The molecule has 112 valence electrons. The smallest absolute Gasteiger partial charge is 0.108 e. The van der Waals surface area contributed by atoms with Crippen LogP contribution in [-0.2, 0) is 4.74 Å². The number of hydrogen-bond acceptors (Lipinski definition) is 4. The fraction of sp³-hybridized carbons (Fsp3) is 0.938. The summed E-state index contributed by atoms with van der Waals surface area (Å²) in [6, 6.07) is 3.78. The molecule has 0 aromatic carbocycles. The molecule has 1 aliphatic heterocycles. The van der Waals surface area contributed by atoms with Gasteiger partial charge in [-0.1, -0.05) is 0 Å². The lowest BCUT2D eigenvalue weighted by Gasteiger charge is -2.42. The van der Waals surface area contributed by atoms with Crippen LogP contribution in [0.25, 0.3) is 0 Å². The number of rotatable bonds is 3. The molecule has 0 amide bonds. The standard InChI is InChI=1S/C16H27N3O/c1-13-11-19(8-3-9-20-13)15-4-2-7-16(10-15,12-17)18-14-5-6-14/h13-15,18H,2-11H2,1H3. The summed E-state index contributed by atoms with van der Waals surface area (Å²) in [6.45, 7) is 5.20. The van der Waals surface area contributed by atoms with Crippen molar-refractivity contribution in [3.05, 3.63) is 0 Å². The van der Waals surface area contributed by atoms with Crippen LogP contribution in [-0.4, -0.2) is 48.3 Å². The third-order valence-corrected chi connectivity index (χ3v) is 5.00. The maximum atomic E-state index is 9.69. The molecule has 0 radical (unpaired) electrons. The molecule has 4 heteroatoms. The predicted molar refractivity (Wildman–Crippen MR) is 78.4 cm³/mol. The van der Waals surface area contributed by atoms with Crippen molar-refractivity contribution in [1.82, 2.24) is 10.2 Å². The minimum Gasteiger partial charge on any atom is -0.377 e. The summed E-state index contributed by atoms with van der Waals surface area (Å²) in [6.07, 6.45) is 8.38. The Hall–Kier alpha value is -0.630. The van der Waals surface area contributed by atoms with Crippen LogP contribution in [0, 0.1) is 11.3 Å². The number of nitriles is 1. The van der Waals surface area contributed by atoms with E-state index < -0.39 is 0 Å². The van der Waals surface area contributed by atoms with Crippen molar-refractivity contribution in [2.24, 2.45) is 0 Å². The number of ether oxygens (including phenoxy) is 1. The molecule has 1 heterocycles. The second-order valence-corrected chi connectivity index (χ2v) is 6.89. The zero-order valence-electron chi connectivity index (χ0n) is 12.6. The highest BCUT2D eigenvalue weighted by atomic mass is 16.5. The van der Waals surface area contributed by atoms with Crippen LogP contribution in [0.5, 0.6) is 0 Å². The van der Waals surface area contributed by atoms with E-state index in [1.54, 1.807) is 0 Å². The van der Waals surface area contributed by atoms with Crippen LogP contribution in [0.15, 0.2) is 0 Å². The fourth-order valence-electron chi connectivity index (χ4n) is 3.80. The lowest BCUT2D eigenvalue weighted by molar-refractivity contribution is 0.0507. The van der Waals surface area contributed by atoms with E-state index in [1.807, 2.05) is 0 Å². The third-order valence-electron chi connectivity index (χ3n) is 5.00. The SMILES string of the molecule is CC1CN(C2CCCC(C#N)(NC3CC3)C2)CCCO1. The highest BCUT2D eigenvalue weighted by molar-refractivity contribution is 5.13. The summed E-state index contributed by atoms with van der Waals surface area (Å²) in [5, 5.41) is 13.3. The van der Waals surface area contributed by atoms with Crippen molar-refractivity contribution in [2.45, 2.75) is 75.6 Å². The molecule has 2 saturated carbocycles. The average Bonchev–Trinajstić information content (AvgIpc) is 3.27. The van der Waals surface area contributed by atoms with E-state index in [2.05, 4.69) is 23.2 Å². The molecule has 2 aliphatic carbocycles. The second kappa shape index (κ2) is 6.01.